The lowest BCUT2D eigenvalue weighted by molar-refractivity contribution is -0.133. The fourth-order valence-electron chi connectivity index (χ4n) is 5.20. The lowest BCUT2D eigenvalue weighted by atomic mass is 9.92. The molecule has 1 saturated heterocycles. The van der Waals surface area contributed by atoms with Crippen molar-refractivity contribution in [3.8, 4) is 0 Å². The van der Waals surface area contributed by atoms with Crippen molar-refractivity contribution in [3.05, 3.63) is 64.2 Å². The first-order chi connectivity index (χ1) is 17.9. The van der Waals surface area contributed by atoms with Crippen molar-refractivity contribution in [2.45, 2.75) is 51.9 Å². The predicted molar refractivity (Wildman–Crippen MR) is 137 cm³/mol. The van der Waals surface area contributed by atoms with Crippen LogP contribution in [-0.4, -0.2) is 65.6 Å². The lowest BCUT2D eigenvalue weighted by Gasteiger charge is -2.29. The SMILES string of the molecule is Cc1ccc(NC(=O)NCc2ccc3c(c2)C(=O)N(C2CCC(=O)CC2=O)C3)cc1CN1CCOCC1. The Balaban J connectivity index is 1.17. The van der Waals surface area contributed by atoms with Gasteiger partial charge in [0.05, 0.1) is 25.7 Å². The molecule has 2 aliphatic heterocycles. The number of ether oxygens (including phenoxy) is 1. The Morgan fingerprint density at radius 1 is 1.08 bits per heavy atom. The van der Waals surface area contributed by atoms with E-state index in [1.807, 2.05) is 30.3 Å². The first kappa shape index (κ1) is 25.1. The van der Waals surface area contributed by atoms with E-state index in [1.165, 1.54) is 11.1 Å². The van der Waals surface area contributed by atoms with E-state index in [4.69, 9.17) is 4.74 Å². The molecular weight excluding hydrogens is 472 g/mol. The van der Waals surface area contributed by atoms with Crippen molar-refractivity contribution in [3.63, 3.8) is 0 Å². The Morgan fingerprint density at radius 3 is 2.68 bits per heavy atom. The fourth-order valence-corrected chi connectivity index (χ4v) is 5.20. The number of hydrogen-bond donors (Lipinski definition) is 2. The second kappa shape index (κ2) is 10.8. The van der Waals surface area contributed by atoms with Crippen LogP contribution in [0.3, 0.4) is 0 Å². The summed E-state index contributed by atoms with van der Waals surface area (Å²) >= 11 is 0. The summed E-state index contributed by atoms with van der Waals surface area (Å²) in [4.78, 5) is 53.5. The van der Waals surface area contributed by atoms with E-state index in [0.29, 0.717) is 24.9 Å². The summed E-state index contributed by atoms with van der Waals surface area (Å²) in [6.45, 7) is 6.79. The zero-order valence-corrected chi connectivity index (χ0v) is 21.0. The third-order valence-corrected chi connectivity index (χ3v) is 7.38. The minimum Gasteiger partial charge on any atom is -0.379 e. The number of benzene rings is 2. The van der Waals surface area contributed by atoms with Crippen LogP contribution in [0.4, 0.5) is 10.5 Å². The molecule has 0 bridgehead atoms. The maximum Gasteiger partial charge on any atom is 0.319 e. The third kappa shape index (κ3) is 5.73. The molecule has 1 saturated carbocycles. The van der Waals surface area contributed by atoms with Gasteiger partial charge in [0.15, 0.2) is 5.78 Å². The third-order valence-electron chi connectivity index (χ3n) is 7.38. The number of ketones is 2. The van der Waals surface area contributed by atoms with Crippen LogP contribution in [0.5, 0.6) is 0 Å². The van der Waals surface area contributed by atoms with E-state index in [-0.39, 0.29) is 36.5 Å². The molecule has 0 spiro atoms. The van der Waals surface area contributed by atoms with Crippen LogP contribution in [-0.2, 0) is 34.0 Å². The molecule has 5 rings (SSSR count). The first-order valence-electron chi connectivity index (χ1n) is 12.8. The molecule has 1 aliphatic carbocycles. The second-order valence-electron chi connectivity index (χ2n) is 10.00. The lowest BCUT2D eigenvalue weighted by Crippen LogP contribution is -2.44. The van der Waals surface area contributed by atoms with Crippen molar-refractivity contribution < 1.29 is 23.9 Å². The average Bonchev–Trinajstić information content (AvgIpc) is 3.21. The topological polar surface area (TPSA) is 108 Å². The van der Waals surface area contributed by atoms with Gasteiger partial charge in [-0.1, -0.05) is 18.2 Å². The van der Waals surface area contributed by atoms with Crippen LogP contribution >= 0.6 is 0 Å². The number of hydrogen-bond acceptors (Lipinski definition) is 6. The summed E-state index contributed by atoms with van der Waals surface area (Å²) in [5.41, 5.74) is 5.28. The smallest absolute Gasteiger partial charge is 0.319 e. The number of rotatable bonds is 6. The summed E-state index contributed by atoms with van der Waals surface area (Å²) in [6.07, 6.45) is 0.625. The standard InChI is InChI=1S/C28H32N4O5/c1-18-2-5-22(13-21(18)16-31-8-10-37-11-9-31)30-28(36)29-15-19-3-4-20-17-32(27(35)24(20)12-19)25-7-6-23(33)14-26(25)34/h2-5,12-13,25H,6-11,14-17H2,1H3,(H2,29,30,36). The van der Waals surface area contributed by atoms with Crippen LogP contribution in [0, 0.1) is 6.92 Å². The second-order valence-corrected chi connectivity index (χ2v) is 10.00. The molecule has 2 fully saturated rings. The van der Waals surface area contributed by atoms with Gasteiger partial charge < -0.3 is 20.3 Å². The number of Topliss-reactive ketones (excluding diaryl/α,β-unsaturated/α-hetero) is 2. The number of anilines is 1. The summed E-state index contributed by atoms with van der Waals surface area (Å²) in [5, 5.41) is 5.77. The normalized spacial score (nSPS) is 20.2. The molecule has 194 valence electrons. The van der Waals surface area contributed by atoms with Crippen LogP contribution in [0.2, 0.25) is 0 Å². The van der Waals surface area contributed by atoms with Gasteiger partial charge in [-0.3, -0.25) is 19.3 Å². The molecule has 2 aromatic carbocycles. The molecule has 2 N–H and O–H groups in total. The first-order valence-corrected chi connectivity index (χ1v) is 12.8. The largest absolute Gasteiger partial charge is 0.379 e. The highest BCUT2D eigenvalue weighted by atomic mass is 16.5. The Kier molecular flexibility index (Phi) is 7.34. The van der Waals surface area contributed by atoms with E-state index in [0.717, 1.165) is 49.7 Å². The Labute approximate surface area is 216 Å². The number of nitrogens with zero attached hydrogens (tertiary/aromatic N) is 2. The van der Waals surface area contributed by atoms with Gasteiger partial charge >= 0.3 is 6.03 Å². The van der Waals surface area contributed by atoms with E-state index in [1.54, 1.807) is 11.0 Å². The van der Waals surface area contributed by atoms with Crippen molar-refractivity contribution in [1.29, 1.82) is 0 Å². The van der Waals surface area contributed by atoms with Crippen molar-refractivity contribution in [2.75, 3.05) is 31.6 Å². The van der Waals surface area contributed by atoms with E-state index < -0.39 is 6.04 Å². The monoisotopic (exact) mass is 504 g/mol. The van der Waals surface area contributed by atoms with Gasteiger partial charge in [-0.05, 0) is 53.8 Å². The van der Waals surface area contributed by atoms with Gasteiger partial charge in [0.25, 0.3) is 5.91 Å². The summed E-state index contributed by atoms with van der Waals surface area (Å²) < 4.78 is 5.43. The number of nitrogens with one attached hydrogen (secondary N) is 2. The van der Waals surface area contributed by atoms with Crippen molar-refractivity contribution in [1.82, 2.24) is 15.1 Å². The zero-order chi connectivity index (χ0) is 25.9. The van der Waals surface area contributed by atoms with Gasteiger partial charge in [-0.2, -0.15) is 0 Å². The van der Waals surface area contributed by atoms with Gasteiger partial charge in [-0.15, -0.1) is 0 Å². The van der Waals surface area contributed by atoms with Crippen LogP contribution in [0.1, 0.15) is 51.9 Å². The summed E-state index contributed by atoms with van der Waals surface area (Å²) in [6, 6.07) is 10.6. The van der Waals surface area contributed by atoms with Crippen LogP contribution in [0.15, 0.2) is 36.4 Å². The maximum absolute atomic E-state index is 13.0. The Hall–Kier alpha value is -3.56. The molecule has 0 aromatic heterocycles. The number of fused-ring (bicyclic) bond motifs is 1. The molecule has 9 heteroatoms. The van der Waals surface area contributed by atoms with Crippen molar-refractivity contribution in [2.24, 2.45) is 0 Å². The summed E-state index contributed by atoms with van der Waals surface area (Å²) in [7, 11) is 0. The molecule has 1 atom stereocenters. The molecule has 2 aromatic rings. The highest BCUT2D eigenvalue weighted by Gasteiger charge is 2.38. The minimum absolute atomic E-state index is 0.0592. The molecule has 2 heterocycles. The van der Waals surface area contributed by atoms with E-state index >= 15 is 0 Å². The van der Waals surface area contributed by atoms with Gasteiger partial charge in [0, 0.05) is 50.4 Å². The predicted octanol–water partition coefficient (Wildman–Crippen LogP) is 2.80. The number of amides is 3. The number of aryl methyl sites for hydroxylation is 1. The molecule has 9 nitrogen and oxygen atoms in total. The number of urea groups is 1. The summed E-state index contributed by atoms with van der Waals surface area (Å²) in [5.74, 6) is -0.433. The number of carbonyl (C=O) groups excluding carboxylic acids is 4. The van der Waals surface area contributed by atoms with Crippen molar-refractivity contribution >= 4 is 29.2 Å². The number of morpholine rings is 1. The Morgan fingerprint density at radius 2 is 1.89 bits per heavy atom. The van der Waals surface area contributed by atoms with Crippen LogP contribution < -0.4 is 10.6 Å². The van der Waals surface area contributed by atoms with Crippen LogP contribution in [0.25, 0.3) is 0 Å². The van der Waals surface area contributed by atoms with E-state index in [2.05, 4.69) is 22.5 Å². The van der Waals surface area contributed by atoms with Gasteiger partial charge in [-0.25, -0.2) is 4.79 Å². The Bertz CT molecular complexity index is 1240. The number of carbonyl (C=O) groups is 4. The average molecular weight is 505 g/mol. The molecule has 3 amide bonds. The molecule has 0 radical (unpaired) electrons. The highest BCUT2D eigenvalue weighted by molar-refractivity contribution is 6.07. The zero-order valence-electron chi connectivity index (χ0n) is 21.0. The van der Waals surface area contributed by atoms with Gasteiger partial charge in [0.1, 0.15) is 5.78 Å². The molecular formula is C28H32N4O5. The highest BCUT2D eigenvalue weighted by Crippen LogP contribution is 2.29. The quantitative estimate of drug-likeness (QED) is 0.586. The van der Waals surface area contributed by atoms with Gasteiger partial charge in [0.2, 0.25) is 0 Å². The molecule has 3 aliphatic rings. The maximum atomic E-state index is 13.0. The fraction of sp³-hybridized carbons (Fsp3) is 0.429. The molecule has 37 heavy (non-hydrogen) atoms. The minimum atomic E-state index is -0.535. The molecule has 1 unspecified atom stereocenters. The van der Waals surface area contributed by atoms with E-state index in [9.17, 15) is 19.2 Å².